The number of rotatable bonds is 4. The molecule has 1 fully saturated rings. The molecule has 98 valence electrons. The molecule has 0 aromatic heterocycles. The summed E-state index contributed by atoms with van der Waals surface area (Å²) in [6.45, 7) is 2.69. The van der Waals surface area contributed by atoms with Gasteiger partial charge in [-0.05, 0) is 37.7 Å². The molecule has 5 heteroatoms. The third kappa shape index (κ3) is 2.98. The van der Waals surface area contributed by atoms with Crippen LogP contribution in [0.25, 0.3) is 0 Å². The molecule has 2 N–H and O–H groups in total. The Bertz CT molecular complexity index is 448. The highest BCUT2D eigenvalue weighted by molar-refractivity contribution is 5.56. The third-order valence-corrected chi connectivity index (χ3v) is 3.53. The van der Waals surface area contributed by atoms with Crippen LogP contribution >= 0.6 is 0 Å². The van der Waals surface area contributed by atoms with Gasteiger partial charge in [-0.25, -0.2) is 0 Å². The molecular formula is C13H18N2O3. The summed E-state index contributed by atoms with van der Waals surface area (Å²) >= 11 is 0. The van der Waals surface area contributed by atoms with Crippen LogP contribution in [0.15, 0.2) is 18.2 Å². The monoisotopic (exact) mass is 250 g/mol. The minimum Gasteiger partial charge on any atom is -0.393 e. The summed E-state index contributed by atoms with van der Waals surface area (Å²) in [4.78, 5) is 10.3. The van der Waals surface area contributed by atoms with Gasteiger partial charge in [0, 0.05) is 24.4 Å². The van der Waals surface area contributed by atoms with E-state index in [1.807, 2.05) is 6.92 Å². The van der Waals surface area contributed by atoms with Crippen molar-refractivity contribution in [3.05, 3.63) is 33.9 Å². The van der Waals surface area contributed by atoms with Crippen LogP contribution in [0.1, 0.15) is 24.8 Å². The molecule has 0 radical (unpaired) electrons. The number of non-ortho nitro benzene ring substituents is 1. The van der Waals surface area contributed by atoms with Gasteiger partial charge in [0.25, 0.3) is 5.69 Å². The minimum absolute atomic E-state index is 0.106. The van der Waals surface area contributed by atoms with E-state index >= 15 is 0 Å². The largest absolute Gasteiger partial charge is 0.393 e. The van der Waals surface area contributed by atoms with Gasteiger partial charge in [-0.2, -0.15) is 0 Å². The van der Waals surface area contributed by atoms with Crippen LogP contribution < -0.4 is 5.32 Å². The summed E-state index contributed by atoms with van der Waals surface area (Å²) < 4.78 is 0. The lowest BCUT2D eigenvalue weighted by molar-refractivity contribution is -0.384. The van der Waals surface area contributed by atoms with Gasteiger partial charge in [-0.15, -0.1) is 0 Å². The van der Waals surface area contributed by atoms with Crippen LogP contribution in [-0.2, 0) is 0 Å². The predicted molar refractivity (Wildman–Crippen MR) is 69.7 cm³/mol. The molecule has 2 atom stereocenters. The van der Waals surface area contributed by atoms with Crippen LogP contribution in [0.4, 0.5) is 11.4 Å². The van der Waals surface area contributed by atoms with Crippen molar-refractivity contribution < 1.29 is 10.0 Å². The fourth-order valence-electron chi connectivity index (χ4n) is 2.40. The Morgan fingerprint density at radius 3 is 2.89 bits per heavy atom. The molecule has 0 saturated heterocycles. The first-order chi connectivity index (χ1) is 8.56. The van der Waals surface area contributed by atoms with Crippen molar-refractivity contribution in [1.82, 2.24) is 0 Å². The second-order valence-corrected chi connectivity index (χ2v) is 4.97. The maximum atomic E-state index is 10.7. The Morgan fingerprint density at radius 1 is 1.50 bits per heavy atom. The van der Waals surface area contributed by atoms with Gasteiger partial charge in [0.05, 0.1) is 11.0 Å². The lowest BCUT2D eigenvalue weighted by Crippen LogP contribution is -2.13. The van der Waals surface area contributed by atoms with Gasteiger partial charge in [0.1, 0.15) is 0 Å². The number of hydrogen-bond acceptors (Lipinski definition) is 4. The molecule has 1 aliphatic carbocycles. The van der Waals surface area contributed by atoms with Crippen molar-refractivity contribution >= 4 is 11.4 Å². The molecule has 0 bridgehead atoms. The van der Waals surface area contributed by atoms with E-state index in [-0.39, 0.29) is 16.7 Å². The normalized spacial score (nSPS) is 23.0. The topological polar surface area (TPSA) is 75.4 Å². The van der Waals surface area contributed by atoms with Gasteiger partial charge < -0.3 is 10.4 Å². The van der Waals surface area contributed by atoms with E-state index in [1.54, 1.807) is 12.1 Å². The summed E-state index contributed by atoms with van der Waals surface area (Å²) in [6.07, 6.45) is 2.52. The summed E-state index contributed by atoms with van der Waals surface area (Å²) in [5.74, 6) is 0.457. The Hall–Kier alpha value is -1.62. The number of aliphatic hydroxyl groups excluding tert-OH is 1. The number of benzene rings is 1. The summed E-state index contributed by atoms with van der Waals surface area (Å²) in [6, 6.07) is 4.84. The summed E-state index contributed by atoms with van der Waals surface area (Å²) in [7, 11) is 0. The van der Waals surface area contributed by atoms with Gasteiger partial charge in [0.15, 0.2) is 0 Å². The second-order valence-electron chi connectivity index (χ2n) is 4.97. The van der Waals surface area contributed by atoms with Gasteiger partial charge in [0.2, 0.25) is 0 Å². The zero-order chi connectivity index (χ0) is 13.1. The van der Waals surface area contributed by atoms with E-state index in [1.165, 1.54) is 6.07 Å². The van der Waals surface area contributed by atoms with Crippen molar-refractivity contribution in [2.24, 2.45) is 5.92 Å². The van der Waals surface area contributed by atoms with Gasteiger partial charge in [-0.1, -0.05) is 6.07 Å². The smallest absolute Gasteiger partial charge is 0.271 e. The third-order valence-electron chi connectivity index (χ3n) is 3.53. The molecule has 1 aromatic carbocycles. The highest BCUT2D eigenvalue weighted by atomic mass is 16.6. The van der Waals surface area contributed by atoms with Crippen LogP contribution in [0.5, 0.6) is 0 Å². The zero-order valence-electron chi connectivity index (χ0n) is 10.4. The molecule has 0 heterocycles. The molecule has 2 rings (SSSR count). The molecule has 0 aliphatic heterocycles. The van der Waals surface area contributed by atoms with Crippen LogP contribution in [0.3, 0.4) is 0 Å². The average Bonchev–Trinajstić information content (AvgIpc) is 2.74. The van der Waals surface area contributed by atoms with Crippen molar-refractivity contribution in [3.63, 3.8) is 0 Å². The van der Waals surface area contributed by atoms with E-state index < -0.39 is 0 Å². The number of nitrogens with one attached hydrogen (secondary N) is 1. The first-order valence-electron chi connectivity index (χ1n) is 6.23. The second kappa shape index (κ2) is 5.35. The predicted octanol–water partition coefficient (Wildman–Crippen LogP) is 2.48. The molecule has 1 aromatic rings. The maximum Gasteiger partial charge on any atom is 0.271 e. The molecule has 0 amide bonds. The van der Waals surface area contributed by atoms with E-state index in [2.05, 4.69) is 5.32 Å². The van der Waals surface area contributed by atoms with Crippen molar-refractivity contribution in [2.75, 3.05) is 11.9 Å². The molecule has 1 saturated carbocycles. The maximum absolute atomic E-state index is 10.7. The van der Waals surface area contributed by atoms with E-state index in [4.69, 9.17) is 0 Å². The number of aliphatic hydroxyl groups is 1. The zero-order valence-corrected chi connectivity index (χ0v) is 10.4. The molecule has 5 nitrogen and oxygen atoms in total. The van der Waals surface area contributed by atoms with E-state index in [0.29, 0.717) is 5.92 Å². The Morgan fingerprint density at radius 2 is 2.28 bits per heavy atom. The average molecular weight is 250 g/mol. The lowest BCUT2D eigenvalue weighted by atomic mass is 10.1. The number of nitro groups is 1. The van der Waals surface area contributed by atoms with Crippen molar-refractivity contribution in [3.8, 4) is 0 Å². The SMILES string of the molecule is Cc1ccc([N+](=O)[O-])cc1NCC1CCC(O)C1. The minimum atomic E-state index is -0.385. The molecule has 18 heavy (non-hydrogen) atoms. The number of nitrogens with zero attached hydrogens (tertiary/aromatic N) is 1. The number of hydrogen-bond donors (Lipinski definition) is 2. The van der Waals surface area contributed by atoms with Gasteiger partial charge >= 0.3 is 0 Å². The Labute approximate surface area is 106 Å². The fraction of sp³-hybridized carbons (Fsp3) is 0.538. The molecule has 2 unspecified atom stereocenters. The molecular weight excluding hydrogens is 232 g/mol. The van der Waals surface area contributed by atoms with E-state index in [0.717, 1.165) is 37.1 Å². The quantitative estimate of drug-likeness (QED) is 0.636. The van der Waals surface area contributed by atoms with E-state index in [9.17, 15) is 15.2 Å². The summed E-state index contributed by atoms with van der Waals surface area (Å²) in [5.41, 5.74) is 1.92. The summed E-state index contributed by atoms with van der Waals surface area (Å²) in [5, 5.41) is 23.4. The molecule has 1 aliphatic rings. The molecule has 0 spiro atoms. The fourth-order valence-corrected chi connectivity index (χ4v) is 2.40. The van der Waals surface area contributed by atoms with Crippen LogP contribution in [-0.4, -0.2) is 22.7 Å². The first-order valence-corrected chi connectivity index (χ1v) is 6.23. The van der Waals surface area contributed by atoms with Crippen LogP contribution in [0.2, 0.25) is 0 Å². The number of anilines is 1. The number of aryl methyl sites for hydroxylation is 1. The van der Waals surface area contributed by atoms with Crippen LogP contribution in [0, 0.1) is 23.0 Å². The standard InChI is InChI=1S/C13H18N2O3/c1-9-2-4-11(15(17)18)7-13(9)14-8-10-3-5-12(16)6-10/h2,4,7,10,12,14,16H,3,5-6,8H2,1H3. The van der Waals surface area contributed by atoms with Crippen molar-refractivity contribution in [1.29, 1.82) is 0 Å². The first kappa shape index (κ1) is 12.8. The lowest BCUT2D eigenvalue weighted by Gasteiger charge is -2.13. The highest BCUT2D eigenvalue weighted by Gasteiger charge is 2.22. The highest BCUT2D eigenvalue weighted by Crippen LogP contribution is 2.27. The van der Waals surface area contributed by atoms with Crippen molar-refractivity contribution in [2.45, 2.75) is 32.3 Å². The Balaban J connectivity index is 2.00. The Kier molecular flexibility index (Phi) is 3.81. The number of nitro benzene ring substituents is 1. The van der Waals surface area contributed by atoms with Gasteiger partial charge in [-0.3, -0.25) is 10.1 Å².